The Kier molecular flexibility index (Phi) is 2.81. The highest BCUT2D eigenvalue weighted by molar-refractivity contribution is 5.85. The van der Waals surface area contributed by atoms with Gasteiger partial charge in [0.05, 0.1) is 0 Å². The van der Waals surface area contributed by atoms with Gasteiger partial charge in [0.25, 0.3) is 0 Å². The molecule has 0 radical (unpaired) electrons. The third-order valence-corrected chi connectivity index (χ3v) is 5.60. The summed E-state index contributed by atoms with van der Waals surface area (Å²) in [4.78, 5) is 12.6. The van der Waals surface area contributed by atoms with Gasteiger partial charge in [0.1, 0.15) is 5.78 Å². The highest BCUT2D eigenvalue weighted by atomic mass is 16.1. The smallest absolute Gasteiger partial charge is 0.140 e. The van der Waals surface area contributed by atoms with Crippen LogP contribution in [0.5, 0.6) is 0 Å². The van der Waals surface area contributed by atoms with Crippen molar-refractivity contribution in [1.29, 1.82) is 0 Å². The molecule has 4 rings (SSSR count). The van der Waals surface area contributed by atoms with Gasteiger partial charge in [-0.15, -0.1) is 0 Å². The monoisotopic (exact) mass is 235 g/mol. The lowest BCUT2D eigenvalue weighted by atomic mass is 9.48. The Morgan fingerprint density at radius 3 is 2.06 bits per heavy atom. The molecule has 1 atom stereocenters. The van der Waals surface area contributed by atoms with Crippen molar-refractivity contribution in [3.63, 3.8) is 0 Å². The van der Waals surface area contributed by atoms with E-state index in [2.05, 4.69) is 6.92 Å². The van der Waals surface area contributed by atoms with Crippen LogP contribution in [0.3, 0.4) is 0 Å². The summed E-state index contributed by atoms with van der Waals surface area (Å²) >= 11 is 0. The van der Waals surface area contributed by atoms with E-state index in [9.17, 15) is 4.79 Å². The Balaban J connectivity index is 1.75. The zero-order valence-electron chi connectivity index (χ0n) is 11.0. The molecule has 4 fully saturated rings. The molecule has 0 amide bonds. The summed E-state index contributed by atoms with van der Waals surface area (Å²) in [7, 11) is 0. The van der Waals surface area contributed by atoms with Gasteiger partial charge in [0, 0.05) is 17.9 Å². The van der Waals surface area contributed by atoms with Crippen molar-refractivity contribution in [2.45, 2.75) is 64.3 Å². The third-order valence-electron chi connectivity index (χ3n) is 5.60. The van der Waals surface area contributed by atoms with Gasteiger partial charge in [0.15, 0.2) is 0 Å². The summed E-state index contributed by atoms with van der Waals surface area (Å²) in [5.41, 5.74) is 6.04. The van der Waals surface area contributed by atoms with E-state index in [0.717, 1.165) is 24.2 Å². The molecule has 4 aliphatic rings. The molecule has 0 aromatic rings. The zero-order chi connectivity index (χ0) is 12.0. The molecule has 0 aromatic heterocycles. The van der Waals surface area contributed by atoms with Crippen LogP contribution in [0.4, 0.5) is 0 Å². The maximum Gasteiger partial charge on any atom is 0.140 e. The number of Topliss-reactive ketones (excluding diaryl/α,β-unsaturated/α-hetero) is 1. The second kappa shape index (κ2) is 4.08. The molecule has 2 heteroatoms. The normalized spacial score (nSPS) is 44.9. The molecule has 17 heavy (non-hydrogen) atoms. The average molecular weight is 235 g/mol. The van der Waals surface area contributed by atoms with Gasteiger partial charge >= 0.3 is 0 Å². The predicted molar refractivity (Wildman–Crippen MR) is 68.5 cm³/mol. The fourth-order valence-electron chi connectivity index (χ4n) is 5.05. The molecule has 0 saturated heterocycles. The number of rotatable bonds is 4. The number of carbonyl (C=O) groups excluding carboxylic acids is 1. The first-order valence-corrected chi connectivity index (χ1v) is 7.40. The quantitative estimate of drug-likeness (QED) is 0.814. The minimum Gasteiger partial charge on any atom is -0.327 e. The zero-order valence-corrected chi connectivity index (χ0v) is 11.0. The Morgan fingerprint density at radius 2 is 1.65 bits per heavy atom. The van der Waals surface area contributed by atoms with E-state index in [1.54, 1.807) is 0 Å². The predicted octanol–water partition coefficient (Wildman–Crippen LogP) is 2.90. The summed E-state index contributed by atoms with van der Waals surface area (Å²) in [6, 6.07) is 0.0931. The van der Waals surface area contributed by atoms with Crippen LogP contribution in [0.25, 0.3) is 0 Å². The van der Waals surface area contributed by atoms with E-state index in [1.165, 1.54) is 38.5 Å². The van der Waals surface area contributed by atoms with Gasteiger partial charge in [-0.2, -0.15) is 0 Å². The van der Waals surface area contributed by atoms with Crippen LogP contribution in [0.1, 0.15) is 58.3 Å². The Labute approximate surface area is 104 Å². The van der Waals surface area contributed by atoms with E-state index in [4.69, 9.17) is 5.73 Å². The van der Waals surface area contributed by atoms with Crippen LogP contribution < -0.4 is 5.73 Å². The van der Waals surface area contributed by atoms with Crippen molar-refractivity contribution in [1.82, 2.24) is 0 Å². The van der Waals surface area contributed by atoms with Crippen molar-refractivity contribution in [3.05, 3.63) is 0 Å². The summed E-state index contributed by atoms with van der Waals surface area (Å²) < 4.78 is 0. The Morgan fingerprint density at radius 1 is 1.18 bits per heavy atom. The van der Waals surface area contributed by atoms with E-state index in [1.807, 2.05) is 0 Å². The molecule has 4 aliphatic carbocycles. The lowest BCUT2D eigenvalue weighted by molar-refractivity contribution is -0.144. The van der Waals surface area contributed by atoms with Crippen molar-refractivity contribution in [2.75, 3.05) is 0 Å². The van der Waals surface area contributed by atoms with Crippen molar-refractivity contribution < 1.29 is 4.79 Å². The van der Waals surface area contributed by atoms with Crippen LogP contribution in [0.15, 0.2) is 0 Å². The molecule has 2 N–H and O–H groups in total. The van der Waals surface area contributed by atoms with Crippen LogP contribution in [0, 0.1) is 23.2 Å². The first kappa shape index (κ1) is 11.7. The molecular formula is C15H25NO. The minimum atomic E-state index is 0.0710. The fraction of sp³-hybridized carbons (Fsp3) is 0.933. The van der Waals surface area contributed by atoms with Gasteiger partial charge in [-0.3, -0.25) is 4.79 Å². The third kappa shape index (κ3) is 1.95. The topological polar surface area (TPSA) is 43.1 Å². The van der Waals surface area contributed by atoms with Crippen LogP contribution >= 0.6 is 0 Å². The molecule has 2 nitrogen and oxygen atoms in total. The van der Waals surface area contributed by atoms with Gasteiger partial charge < -0.3 is 5.73 Å². The molecule has 96 valence electrons. The number of carbonyl (C=O) groups is 1. The molecule has 1 unspecified atom stereocenters. The van der Waals surface area contributed by atoms with Crippen molar-refractivity contribution in [2.24, 2.45) is 28.9 Å². The lowest BCUT2D eigenvalue weighted by Crippen LogP contribution is -2.50. The lowest BCUT2D eigenvalue weighted by Gasteiger charge is -2.56. The molecule has 0 aliphatic heterocycles. The maximum absolute atomic E-state index is 12.6. The molecule has 4 bridgehead atoms. The second-order valence-electron chi connectivity index (χ2n) is 6.99. The number of hydrogen-bond donors (Lipinski definition) is 1. The van der Waals surface area contributed by atoms with Crippen molar-refractivity contribution in [3.8, 4) is 0 Å². The molecule has 4 saturated carbocycles. The fourth-order valence-corrected chi connectivity index (χ4v) is 5.05. The Hall–Kier alpha value is -0.370. The van der Waals surface area contributed by atoms with Crippen molar-refractivity contribution >= 4 is 5.78 Å². The standard InChI is InChI=1S/C15H25NO/c1-2-13(16)6-14(17)15-7-10-3-11(8-15)5-12(4-10)9-15/h10-13H,2-9,16H2,1H3. The van der Waals surface area contributed by atoms with Crippen LogP contribution in [0.2, 0.25) is 0 Å². The summed E-state index contributed by atoms with van der Waals surface area (Å²) in [5, 5.41) is 0. The highest BCUT2D eigenvalue weighted by Gasteiger charge is 2.54. The number of hydrogen-bond acceptors (Lipinski definition) is 2. The first-order chi connectivity index (χ1) is 8.11. The van der Waals surface area contributed by atoms with E-state index in [-0.39, 0.29) is 11.5 Å². The average Bonchev–Trinajstić information content (AvgIpc) is 2.26. The van der Waals surface area contributed by atoms with Gasteiger partial charge in [-0.25, -0.2) is 0 Å². The first-order valence-electron chi connectivity index (χ1n) is 7.40. The number of ketones is 1. The molecule has 0 heterocycles. The second-order valence-corrected chi connectivity index (χ2v) is 6.99. The van der Waals surface area contributed by atoms with Crippen LogP contribution in [-0.4, -0.2) is 11.8 Å². The van der Waals surface area contributed by atoms with Gasteiger partial charge in [-0.05, 0) is 62.7 Å². The summed E-state index contributed by atoms with van der Waals surface area (Å²) in [5.74, 6) is 3.10. The van der Waals surface area contributed by atoms with E-state index < -0.39 is 0 Å². The minimum absolute atomic E-state index is 0.0710. The van der Waals surface area contributed by atoms with E-state index >= 15 is 0 Å². The van der Waals surface area contributed by atoms with Gasteiger partial charge in [-0.1, -0.05) is 6.92 Å². The summed E-state index contributed by atoms with van der Waals surface area (Å²) in [6.45, 7) is 2.08. The van der Waals surface area contributed by atoms with E-state index in [0.29, 0.717) is 12.2 Å². The van der Waals surface area contributed by atoms with Gasteiger partial charge in [0.2, 0.25) is 0 Å². The molecular weight excluding hydrogens is 210 g/mol. The molecule has 0 spiro atoms. The molecule has 0 aromatic carbocycles. The Bertz CT molecular complexity index is 288. The maximum atomic E-state index is 12.6. The number of nitrogens with two attached hydrogens (primary N) is 1. The summed E-state index contributed by atoms with van der Waals surface area (Å²) in [6.07, 6.45) is 9.35. The SMILES string of the molecule is CCC(N)CC(=O)C12CC3CC(CC(C3)C1)C2. The van der Waals surface area contributed by atoms with Crippen LogP contribution in [-0.2, 0) is 4.79 Å². The largest absolute Gasteiger partial charge is 0.327 e. The highest BCUT2D eigenvalue weighted by Crippen LogP contribution is 2.60.